The highest BCUT2D eigenvalue weighted by Crippen LogP contribution is 2.15. The average Bonchev–Trinajstić information content (AvgIpc) is 3.29. The van der Waals surface area contributed by atoms with E-state index in [0.717, 1.165) is 20.5 Å². The Morgan fingerprint density at radius 1 is 1.12 bits per heavy atom. The van der Waals surface area contributed by atoms with E-state index in [-0.39, 0.29) is 42.7 Å². The van der Waals surface area contributed by atoms with E-state index in [1.54, 1.807) is 31.2 Å². The van der Waals surface area contributed by atoms with Crippen LogP contribution in [0.5, 0.6) is 0 Å². The maximum absolute atomic E-state index is 12.8. The summed E-state index contributed by atoms with van der Waals surface area (Å²) in [6, 6.07) is 13.9. The number of aryl methyl sites for hydroxylation is 2. The highest BCUT2D eigenvalue weighted by molar-refractivity contribution is 6.30. The molecule has 0 spiro atoms. The molecule has 4 rings (SSSR count). The molecule has 1 amide bonds. The number of para-hydroxylation sites is 1. The molecule has 0 atom stereocenters. The Morgan fingerprint density at radius 3 is 2.56 bits per heavy atom. The molecule has 2 heterocycles. The standard InChI is InChI=1S/C23H21ClN6O4/c1-3-29-22(32)20(27-30(23(29)33)16-10-8-15(24)9-11-16)21-26-19(34-28-21)13-12-18(31)25-17-7-5-4-6-14(17)2/h4-11H,3,12-13H2,1-2H3,(H,25,31). The van der Waals surface area contributed by atoms with Crippen LogP contribution >= 0.6 is 11.6 Å². The molecular weight excluding hydrogens is 460 g/mol. The molecular formula is C23H21ClN6O4. The minimum Gasteiger partial charge on any atom is -0.339 e. The van der Waals surface area contributed by atoms with Crippen LogP contribution in [0.4, 0.5) is 5.69 Å². The summed E-state index contributed by atoms with van der Waals surface area (Å²) in [5, 5.41) is 11.4. The number of benzene rings is 2. The fourth-order valence-electron chi connectivity index (χ4n) is 3.28. The van der Waals surface area contributed by atoms with Crippen molar-refractivity contribution in [2.75, 3.05) is 5.32 Å². The third-order valence-electron chi connectivity index (χ3n) is 5.11. The molecule has 0 bridgehead atoms. The van der Waals surface area contributed by atoms with Crippen molar-refractivity contribution >= 4 is 23.2 Å². The minimum absolute atomic E-state index is 0.0655. The highest BCUT2D eigenvalue weighted by atomic mass is 35.5. The molecule has 2 aromatic heterocycles. The van der Waals surface area contributed by atoms with E-state index in [0.29, 0.717) is 10.7 Å². The lowest BCUT2D eigenvalue weighted by Crippen LogP contribution is -2.41. The molecule has 0 aliphatic carbocycles. The van der Waals surface area contributed by atoms with Crippen LogP contribution in [0.3, 0.4) is 0 Å². The van der Waals surface area contributed by atoms with E-state index in [4.69, 9.17) is 16.1 Å². The zero-order valence-corrected chi connectivity index (χ0v) is 19.2. The maximum atomic E-state index is 12.8. The number of carbonyl (C=O) groups excluding carboxylic acids is 1. The van der Waals surface area contributed by atoms with Crippen LogP contribution in [0.15, 0.2) is 62.6 Å². The lowest BCUT2D eigenvalue weighted by molar-refractivity contribution is -0.116. The highest BCUT2D eigenvalue weighted by Gasteiger charge is 2.20. The Bertz CT molecular complexity index is 1460. The molecule has 4 aromatic rings. The molecule has 34 heavy (non-hydrogen) atoms. The van der Waals surface area contributed by atoms with Gasteiger partial charge in [0.25, 0.3) is 5.56 Å². The molecule has 0 fully saturated rings. The number of carbonyl (C=O) groups is 1. The first-order chi connectivity index (χ1) is 16.4. The van der Waals surface area contributed by atoms with Crippen LogP contribution < -0.4 is 16.6 Å². The monoisotopic (exact) mass is 480 g/mol. The summed E-state index contributed by atoms with van der Waals surface area (Å²) in [4.78, 5) is 42.1. The predicted octanol–water partition coefficient (Wildman–Crippen LogP) is 3.00. The number of nitrogens with zero attached hydrogens (tertiary/aromatic N) is 5. The van der Waals surface area contributed by atoms with Crippen LogP contribution in [0.1, 0.15) is 24.8 Å². The Kier molecular flexibility index (Phi) is 6.69. The number of hydrogen-bond acceptors (Lipinski definition) is 7. The first-order valence-corrected chi connectivity index (χ1v) is 10.9. The number of rotatable bonds is 7. The molecule has 0 unspecified atom stereocenters. The van der Waals surface area contributed by atoms with Crippen molar-refractivity contribution in [3.05, 3.63) is 85.8 Å². The molecule has 0 saturated heterocycles. The summed E-state index contributed by atoms with van der Waals surface area (Å²) in [5.41, 5.74) is 0.722. The molecule has 0 aliphatic heterocycles. The second kappa shape index (κ2) is 9.84. The lowest BCUT2D eigenvalue weighted by atomic mass is 10.2. The van der Waals surface area contributed by atoms with Gasteiger partial charge in [-0.3, -0.25) is 14.2 Å². The van der Waals surface area contributed by atoms with Crippen LogP contribution in [0, 0.1) is 6.92 Å². The van der Waals surface area contributed by atoms with Crippen molar-refractivity contribution < 1.29 is 9.32 Å². The summed E-state index contributed by atoms with van der Waals surface area (Å²) >= 11 is 5.93. The summed E-state index contributed by atoms with van der Waals surface area (Å²) < 4.78 is 7.35. The van der Waals surface area contributed by atoms with Crippen molar-refractivity contribution in [1.82, 2.24) is 24.5 Å². The van der Waals surface area contributed by atoms with Crippen molar-refractivity contribution in [1.29, 1.82) is 0 Å². The average molecular weight is 481 g/mol. The van der Waals surface area contributed by atoms with E-state index in [1.807, 2.05) is 31.2 Å². The zero-order chi connectivity index (χ0) is 24.2. The molecule has 0 aliphatic rings. The van der Waals surface area contributed by atoms with Crippen molar-refractivity contribution in [2.45, 2.75) is 33.2 Å². The van der Waals surface area contributed by atoms with Gasteiger partial charge in [0.05, 0.1) is 5.69 Å². The fraction of sp³-hybridized carbons (Fsp3) is 0.217. The molecule has 0 radical (unpaired) electrons. The largest absolute Gasteiger partial charge is 0.352 e. The van der Waals surface area contributed by atoms with E-state index in [2.05, 4.69) is 20.6 Å². The predicted molar refractivity (Wildman–Crippen MR) is 126 cm³/mol. The van der Waals surface area contributed by atoms with E-state index < -0.39 is 11.2 Å². The normalized spacial score (nSPS) is 10.9. The van der Waals surface area contributed by atoms with Crippen LogP contribution in [0.2, 0.25) is 5.02 Å². The fourth-order valence-corrected chi connectivity index (χ4v) is 3.41. The van der Waals surface area contributed by atoms with E-state index in [1.165, 1.54) is 0 Å². The summed E-state index contributed by atoms with van der Waals surface area (Å²) in [6.45, 7) is 3.71. The third kappa shape index (κ3) is 4.81. The number of aromatic nitrogens is 5. The molecule has 174 valence electrons. The van der Waals surface area contributed by atoms with Gasteiger partial charge in [-0.1, -0.05) is 35.0 Å². The van der Waals surface area contributed by atoms with Crippen molar-refractivity contribution in [2.24, 2.45) is 0 Å². The molecule has 0 saturated carbocycles. The quantitative estimate of drug-likeness (QED) is 0.431. The number of amides is 1. The molecule has 10 nitrogen and oxygen atoms in total. The van der Waals surface area contributed by atoms with Gasteiger partial charge in [-0.15, -0.1) is 0 Å². The lowest BCUT2D eigenvalue weighted by Gasteiger charge is -2.09. The van der Waals surface area contributed by atoms with Crippen molar-refractivity contribution in [3.63, 3.8) is 0 Å². The van der Waals surface area contributed by atoms with Gasteiger partial charge >= 0.3 is 5.69 Å². The Balaban J connectivity index is 1.58. The molecule has 1 N–H and O–H groups in total. The van der Waals surface area contributed by atoms with Crippen LogP contribution in [-0.4, -0.2) is 30.4 Å². The number of hydrogen-bond donors (Lipinski definition) is 1. The van der Waals surface area contributed by atoms with Gasteiger partial charge in [-0.25, -0.2) is 4.79 Å². The van der Waals surface area contributed by atoms with Gasteiger partial charge in [-0.2, -0.15) is 14.8 Å². The number of halogens is 1. The zero-order valence-electron chi connectivity index (χ0n) is 18.5. The van der Waals surface area contributed by atoms with Crippen molar-refractivity contribution in [3.8, 4) is 17.2 Å². The Hall–Kier alpha value is -4.05. The second-order valence-electron chi connectivity index (χ2n) is 7.44. The van der Waals surface area contributed by atoms with Gasteiger partial charge in [0.15, 0.2) is 5.69 Å². The van der Waals surface area contributed by atoms with Gasteiger partial charge in [0.2, 0.25) is 17.6 Å². The van der Waals surface area contributed by atoms with Gasteiger partial charge < -0.3 is 9.84 Å². The smallest absolute Gasteiger partial charge is 0.339 e. The topological polar surface area (TPSA) is 125 Å². The Morgan fingerprint density at radius 2 is 1.85 bits per heavy atom. The van der Waals surface area contributed by atoms with Crippen LogP contribution in [-0.2, 0) is 17.8 Å². The number of anilines is 1. The van der Waals surface area contributed by atoms with Crippen LogP contribution in [0.25, 0.3) is 17.2 Å². The van der Waals surface area contributed by atoms with Gasteiger partial charge in [-0.05, 0) is 49.7 Å². The molecule has 11 heteroatoms. The van der Waals surface area contributed by atoms with Gasteiger partial charge in [0.1, 0.15) is 0 Å². The van der Waals surface area contributed by atoms with Gasteiger partial charge in [0, 0.05) is 30.1 Å². The minimum atomic E-state index is -0.637. The Labute approximate surface area is 198 Å². The van der Waals surface area contributed by atoms with E-state index >= 15 is 0 Å². The summed E-state index contributed by atoms with van der Waals surface area (Å²) in [7, 11) is 0. The first-order valence-electron chi connectivity index (χ1n) is 10.6. The molecule has 2 aromatic carbocycles. The number of nitrogens with one attached hydrogen (secondary N) is 1. The van der Waals surface area contributed by atoms with E-state index in [9.17, 15) is 14.4 Å². The summed E-state index contributed by atoms with van der Waals surface area (Å²) in [5.74, 6) is -0.107. The SMILES string of the molecule is CCn1c(=O)c(-c2noc(CCC(=O)Nc3ccccc3C)n2)nn(-c2ccc(Cl)cc2)c1=O. The maximum Gasteiger partial charge on any atom is 0.352 e. The third-order valence-corrected chi connectivity index (χ3v) is 5.36. The summed E-state index contributed by atoms with van der Waals surface area (Å²) in [6.07, 6.45) is 0.274. The second-order valence-corrected chi connectivity index (χ2v) is 7.88. The first kappa shape index (κ1) is 23.1.